The number of carbonyl (C=O) groups is 1. The van der Waals surface area contributed by atoms with Gasteiger partial charge in [-0.15, -0.1) is 0 Å². The van der Waals surface area contributed by atoms with Gasteiger partial charge < -0.3 is 10.1 Å². The second-order valence-corrected chi connectivity index (χ2v) is 5.60. The van der Waals surface area contributed by atoms with Crippen LogP contribution in [0.3, 0.4) is 0 Å². The van der Waals surface area contributed by atoms with Crippen molar-refractivity contribution in [2.75, 3.05) is 13.2 Å². The minimum atomic E-state index is -0.102. The molecule has 1 aromatic carbocycles. The van der Waals surface area contributed by atoms with Crippen molar-refractivity contribution in [1.82, 2.24) is 5.32 Å². The standard InChI is InChI=1S/C17H16N2O2/c1-10-4-2-6-12-16-11(14-8-18-15(20)9-21-14)5-3-7-13(16)19-17(10)12/h2-7,10,14H,8-9H2,1H3,(H,18,20). The van der Waals surface area contributed by atoms with E-state index in [1.54, 1.807) is 0 Å². The van der Waals surface area contributed by atoms with Gasteiger partial charge in [-0.25, -0.2) is 0 Å². The molecular weight excluding hydrogens is 264 g/mol. The van der Waals surface area contributed by atoms with Crippen LogP contribution in [0.25, 0.3) is 5.57 Å². The number of morpholine rings is 1. The minimum absolute atomic E-state index is 0.0517. The van der Waals surface area contributed by atoms with Crippen LogP contribution in [0.4, 0.5) is 5.69 Å². The zero-order valence-corrected chi connectivity index (χ0v) is 11.8. The van der Waals surface area contributed by atoms with Gasteiger partial charge in [-0.1, -0.05) is 37.3 Å². The largest absolute Gasteiger partial charge is 0.362 e. The molecule has 2 heterocycles. The summed E-state index contributed by atoms with van der Waals surface area (Å²) in [6.45, 7) is 2.80. The van der Waals surface area contributed by atoms with E-state index in [1.807, 2.05) is 12.1 Å². The first-order chi connectivity index (χ1) is 10.2. The second kappa shape index (κ2) is 4.67. The van der Waals surface area contributed by atoms with Crippen LogP contribution in [0.1, 0.15) is 24.2 Å². The maximum Gasteiger partial charge on any atom is 0.246 e. The van der Waals surface area contributed by atoms with Gasteiger partial charge in [0.25, 0.3) is 0 Å². The van der Waals surface area contributed by atoms with Gasteiger partial charge in [-0.3, -0.25) is 9.79 Å². The molecule has 106 valence electrons. The minimum Gasteiger partial charge on any atom is -0.362 e. The number of amides is 1. The topological polar surface area (TPSA) is 50.7 Å². The monoisotopic (exact) mass is 280 g/mol. The van der Waals surface area contributed by atoms with Gasteiger partial charge >= 0.3 is 0 Å². The molecule has 1 amide bonds. The molecule has 1 aromatic rings. The number of aliphatic imine (C=N–C) groups is 1. The molecule has 0 spiro atoms. The number of nitrogens with one attached hydrogen (secondary N) is 1. The van der Waals surface area contributed by atoms with E-state index in [9.17, 15) is 4.79 Å². The summed E-state index contributed by atoms with van der Waals surface area (Å²) in [4.78, 5) is 16.0. The average Bonchev–Trinajstić information content (AvgIpc) is 2.88. The van der Waals surface area contributed by atoms with Crippen molar-refractivity contribution in [3.05, 3.63) is 47.6 Å². The fraction of sp³-hybridized carbons (Fsp3) is 0.294. The molecule has 1 saturated heterocycles. The van der Waals surface area contributed by atoms with Crippen LogP contribution in [0.2, 0.25) is 0 Å². The van der Waals surface area contributed by atoms with Crippen molar-refractivity contribution in [3.63, 3.8) is 0 Å². The number of allylic oxidation sites excluding steroid dienone is 4. The van der Waals surface area contributed by atoms with Crippen LogP contribution >= 0.6 is 0 Å². The highest BCUT2D eigenvalue weighted by Crippen LogP contribution is 2.43. The van der Waals surface area contributed by atoms with Gasteiger partial charge in [-0.05, 0) is 11.6 Å². The maximum absolute atomic E-state index is 11.3. The first-order valence-electron chi connectivity index (χ1n) is 7.23. The third-order valence-electron chi connectivity index (χ3n) is 4.20. The summed E-state index contributed by atoms with van der Waals surface area (Å²) < 4.78 is 5.70. The molecule has 4 nitrogen and oxygen atoms in total. The summed E-state index contributed by atoms with van der Waals surface area (Å²) in [5, 5.41) is 2.87. The van der Waals surface area contributed by atoms with Crippen molar-refractivity contribution in [1.29, 1.82) is 0 Å². The van der Waals surface area contributed by atoms with Gasteiger partial charge in [0.1, 0.15) is 12.7 Å². The highest BCUT2D eigenvalue weighted by molar-refractivity contribution is 6.31. The van der Waals surface area contributed by atoms with Crippen molar-refractivity contribution in [3.8, 4) is 0 Å². The van der Waals surface area contributed by atoms with Gasteiger partial charge in [0, 0.05) is 23.6 Å². The maximum atomic E-state index is 11.3. The lowest BCUT2D eigenvalue weighted by Gasteiger charge is -2.26. The molecule has 21 heavy (non-hydrogen) atoms. The first kappa shape index (κ1) is 12.5. The lowest BCUT2D eigenvalue weighted by atomic mass is 9.87. The predicted molar refractivity (Wildman–Crippen MR) is 81.5 cm³/mol. The Morgan fingerprint density at radius 3 is 3.10 bits per heavy atom. The molecular formula is C17H16N2O2. The Kier molecular flexibility index (Phi) is 2.79. The van der Waals surface area contributed by atoms with E-state index in [4.69, 9.17) is 9.73 Å². The highest BCUT2D eigenvalue weighted by atomic mass is 16.5. The van der Waals surface area contributed by atoms with Gasteiger partial charge in [0.2, 0.25) is 5.91 Å². The van der Waals surface area contributed by atoms with Crippen molar-refractivity contribution >= 4 is 22.9 Å². The van der Waals surface area contributed by atoms with Gasteiger partial charge in [0.15, 0.2) is 0 Å². The molecule has 1 aliphatic carbocycles. The summed E-state index contributed by atoms with van der Waals surface area (Å²) in [7, 11) is 0. The Hall–Kier alpha value is -2.20. The molecule has 1 N–H and O–H groups in total. The lowest BCUT2D eigenvalue weighted by Crippen LogP contribution is -2.39. The number of nitrogens with zero attached hydrogens (tertiary/aromatic N) is 1. The fourth-order valence-corrected chi connectivity index (χ4v) is 3.15. The summed E-state index contributed by atoms with van der Waals surface area (Å²) in [5.41, 5.74) is 5.59. The van der Waals surface area contributed by atoms with Gasteiger partial charge in [-0.2, -0.15) is 0 Å². The summed E-state index contributed by atoms with van der Waals surface area (Å²) in [5.74, 6) is 0.279. The Morgan fingerprint density at radius 1 is 1.38 bits per heavy atom. The Labute approximate surface area is 123 Å². The number of rotatable bonds is 1. The molecule has 3 aliphatic rings. The third-order valence-corrected chi connectivity index (χ3v) is 4.20. The summed E-state index contributed by atoms with van der Waals surface area (Å²) in [6, 6.07) is 6.12. The number of benzene rings is 1. The normalized spacial score (nSPS) is 26.6. The van der Waals surface area contributed by atoms with Crippen LogP contribution in [-0.2, 0) is 9.53 Å². The van der Waals surface area contributed by atoms with E-state index in [-0.39, 0.29) is 18.6 Å². The molecule has 2 unspecified atom stereocenters. The third kappa shape index (κ3) is 1.94. The molecule has 0 bridgehead atoms. The van der Waals surface area contributed by atoms with E-state index in [1.165, 1.54) is 5.57 Å². The van der Waals surface area contributed by atoms with E-state index >= 15 is 0 Å². The number of hydrogen-bond acceptors (Lipinski definition) is 3. The van der Waals surface area contributed by atoms with Crippen LogP contribution in [0.5, 0.6) is 0 Å². The highest BCUT2D eigenvalue weighted by Gasteiger charge is 2.31. The van der Waals surface area contributed by atoms with Crippen LogP contribution < -0.4 is 5.32 Å². The van der Waals surface area contributed by atoms with E-state index in [0.717, 1.165) is 22.5 Å². The number of carbonyl (C=O) groups excluding carboxylic acids is 1. The van der Waals surface area contributed by atoms with Crippen molar-refractivity contribution < 1.29 is 9.53 Å². The number of hydrogen-bond donors (Lipinski definition) is 1. The van der Waals surface area contributed by atoms with Crippen LogP contribution in [-0.4, -0.2) is 24.8 Å². The fourth-order valence-electron chi connectivity index (χ4n) is 3.15. The zero-order chi connectivity index (χ0) is 14.4. The molecule has 0 aromatic heterocycles. The SMILES string of the molecule is CC1C=CC=C2C1=Nc1cccc(C3CNC(=O)CO3)c12. The summed E-state index contributed by atoms with van der Waals surface area (Å²) in [6.07, 6.45) is 6.27. The first-order valence-corrected chi connectivity index (χ1v) is 7.23. The Morgan fingerprint density at radius 2 is 2.29 bits per heavy atom. The predicted octanol–water partition coefficient (Wildman–Crippen LogP) is 2.55. The van der Waals surface area contributed by atoms with Crippen molar-refractivity contribution in [2.24, 2.45) is 10.9 Å². The molecule has 2 atom stereocenters. The van der Waals surface area contributed by atoms with Crippen LogP contribution in [0, 0.1) is 5.92 Å². The zero-order valence-electron chi connectivity index (χ0n) is 11.8. The Bertz CT molecular complexity index is 706. The number of fused-ring (bicyclic) bond motifs is 3. The molecule has 0 radical (unpaired) electrons. The van der Waals surface area contributed by atoms with Crippen LogP contribution in [0.15, 0.2) is 41.4 Å². The van der Waals surface area contributed by atoms with Gasteiger partial charge in [0.05, 0.1) is 11.4 Å². The average molecular weight is 280 g/mol. The van der Waals surface area contributed by atoms with E-state index < -0.39 is 0 Å². The van der Waals surface area contributed by atoms with Crippen molar-refractivity contribution in [2.45, 2.75) is 13.0 Å². The Balaban J connectivity index is 1.78. The second-order valence-electron chi connectivity index (χ2n) is 5.60. The molecule has 2 aliphatic heterocycles. The number of ether oxygens (including phenoxy) is 1. The quantitative estimate of drug-likeness (QED) is 0.859. The summed E-state index contributed by atoms with van der Waals surface area (Å²) >= 11 is 0. The molecule has 4 rings (SSSR count). The molecule has 4 heteroatoms. The smallest absolute Gasteiger partial charge is 0.246 e. The van der Waals surface area contributed by atoms with E-state index in [0.29, 0.717) is 12.5 Å². The van der Waals surface area contributed by atoms with E-state index in [2.05, 4.69) is 36.5 Å². The molecule has 0 saturated carbocycles. The lowest BCUT2D eigenvalue weighted by molar-refractivity contribution is -0.133. The molecule has 1 fully saturated rings.